The van der Waals surface area contributed by atoms with Crippen molar-refractivity contribution in [3.8, 4) is 0 Å². The van der Waals surface area contributed by atoms with Crippen LogP contribution in [0.2, 0.25) is 0 Å². The topological polar surface area (TPSA) is 28.5 Å². The Balaban J connectivity index is 1.38. The second-order valence-electron chi connectivity index (χ2n) is 7.36. The number of hydrogen-bond donors (Lipinski definition) is 0. The number of hydrogen-bond acceptors (Lipinski definition) is 2. The molecule has 3 heterocycles. The number of aromatic nitrogens is 1. The Hall–Kier alpha value is -2.33. The summed E-state index contributed by atoms with van der Waals surface area (Å²) in [7, 11) is 2.09. The first-order chi connectivity index (χ1) is 12.7. The van der Waals surface area contributed by atoms with Gasteiger partial charge in [0.1, 0.15) is 0 Å². The molecule has 136 valence electrons. The summed E-state index contributed by atoms with van der Waals surface area (Å²) in [5.74, 6) is 0.259. The molecule has 1 fully saturated rings. The quantitative estimate of drug-likeness (QED) is 0.845. The smallest absolute Gasteiger partial charge is 0.237 e. The third kappa shape index (κ3) is 3.47. The molecule has 1 saturated heterocycles. The van der Waals surface area contributed by atoms with Gasteiger partial charge in [-0.25, -0.2) is 0 Å². The Morgan fingerprint density at radius 1 is 1.12 bits per heavy atom. The molecule has 4 rings (SSSR count). The Kier molecular flexibility index (Phi) is 4.93. The van der Waals surface area contributed by atoms with Gasteiger partial charge >= 0.3 is 0 Å². The zero-order chi connectivity index (χ0) is 17.9. The molecule has 2 aromatic rings. The minimum absolute atomic E-state index is 0.259. The number of likely N-dealkylation sites (tertiary alicyclic amines) is 1. The number of aryl methyl sites for hydroxylation is 1. The third-order valence-corrected chi connectivity index (χ3v) is 5.73. The van der Waals surface area contributed by atoms with Crippen molar-refractivity contribution < 1.29 is 4.79 Å². The van der Waals surface area contributed by atoms with E-state index >= 15 is 0 Å². The summed E-state index contributed by atoms with van der Waals surface area (Å²) < 4.78 is 2.18. The predicted molar refractivity (Wildman–Crippen MR) is 105 cm³/mol. The number of carbonyl (C=O) groups is 1. The summed E-state index contributed by atoms with van der Waals surface area (Å²) in [5.41, 5.74) is 3.96. The van der Waals surface area contributed by atoms with Crippen LogP contribution in [-0.4, -0.2) is 46.5 Å². The van der Waals surface area contributed by atoms with Crippen molar-refractivity contribution in [2.45, 2.75) is 25.3 Å². The SMILES string of the molecule is Cn1cccc1[C@@H]1CCCN1CC(=O)N1CC=C(c2ccccc2)CC1. The van der Waals surface area contributed by atoms with Crippen molar-refractivity contribution in [3.63, 3.8) is 0 Å². The standard InChI is InChI=1S/C22H27N3O/c1-23-13-5-9-20(23)21-10-6-14-25(21)17-22(26)24-15-11-19(12-16-24)18-7-3-2-4-8-18/h2-5,7-9,11,13,21H,6,10,12,14-17H2,1H3/t21-/m0/s1. The number of carbonyl (C=O) groups excluding carboxylic acids is 1. The molecule has 4 nitrogen and oxygen atoms in total. The van der Waals surface area contributed by atoms with Crippen LogP contribution in [0.4, 0.5) is 0 Å². The lowest BCUT2D eigenvalue weighted by Gasteiger charge is -2.30. The average molecular weight is 349 g/mol. The lowest BCUT2D eigenvalue weighted by molar-refractivity contribution is -0.132. The molecule has 4 heteroatoms. The molecular weight excluding hydrogens is 322 g/mol. The van der Waals surface area contributed by atoms with Crippen LogP contribution in [-0.2, 0) is 11.8 Å². The average Bonchev–Trinajstić information content (AvgIpc) is 3.31. The van der Waals surface area contributed by atoms with E-state index in [4.69, 9.17) is 0 Å². The Bertz CT molecular complexity index is 793. The van der Waals surface area contributed by atoms with Gasteiger partial charge in [-0.3, -0.25) is 9.69 Å². The van der Waals surface area contributed by atoms with Gasteiger partial charge in [0.15, 0.2) is 0 Å². The fourth-order valence-corrected chi connectivity index (χ4v) is 4.25. The van der Waals surface area contributed by atoms with E-state index in [-0.39, 0.29) is 5.91 Å². The van der Waals surface area contributed by atoms with Crippen LogP contribution in [0.15, 0.2) is 54.7 Å². The van der Waals surface area contributed by atoms with Gasteiger partial charge in [-0.1, -0.05) is 36.4 Å². The first-order valence-corrected chi connectivity index (χ1v) is 9.60. The van der Waals surface area contributed by atoms with E-state index < -0.39 is 0 Å². The van der Waals surface area contributed by atoms with Crippen molar-refractivity contribution in [1.29, 1.82) is 0 Å². The molecule has 0 bridgehead atoms. The van der Waals surface area contributed by atoms with E-state index in [0.717, 1.165) is 32.5 Å². The van der Waals surface area contributed by atoms with Crippen molar-refractivity contribution in [1.82, 2.24) is 14.4 Å². The minimum atomic E-state index is 0.259. The van der Waals surface area contributed by atoms with Crippen LogP contribution in [0.3, 0.4) is 0 Å². The van der Waals surface area contributed by atoms with Gasteiger partial charge in [0.2, 0.25) is 5.91 Å². The molecule has 1 aromatic carbocycles. The first kappa shape index (κ1) is 17.1. The van der Waals surface area contributed by atoms with Gasteiger partial charge in [0.25, 0.3) is 0 Å². The zero-order valence-electron chi connectivity index (χ0n) is 15.5. The largest absolute Gasteiger partial charge is 0.353 e. The van der Waals surface area contributed by atoms with Crippen LogP contribution >= 0.6 is 0 Å². The highest BCUT2D eigenvalue weighted by Crippen LogP contribution is 2.32. The zero-order valence-corrected chi connectivity index (χ0v) is 15.5. The molecule has 0 radical (unpaired) electrons. The molecule has 0 aliphatic carbocycles. The number of amides is 1. The maximum atomic E-state index is 12.8. The second-order valence-corrected chi connectivity index (χ2v) is 7.36. The molecular formula is C22H27N3O. The number of benzene rings is 1. The van der Waals surface area contributed by atoms with Gasteiger partial charge in [-0.2, -0.15) is 0 Å². The highest BCUT2D eigenvalue weighted by Gasteiger charge is 2.30. The minimum Gasteiger partial charge on any atom is -0.353 e. The molecule has 1 amide bonds. The van der Waals surface area contributed by atoms with E-state index in [0.29, 0.717) is 12.6 Å². The molecule has 0 unspecified atom stereocenters. The van der Waals surface area contributed by atoms with E-state index in [1.807, 2.05) is 11.0 Å². The van der Waals surface area contributed by atoms with Crippen LogP contribution in [0.5, 0.6) is 0 Å². The molecule has 0 N–H and O–H groups in total. The highest BCUT2D eigenvalue weighted by molar-refractivity contribution is 5.80. The first-order valence-electron chi connectivity index (χ1n) is 9.60. The second kappa shape index (κ2) is 7.50. The number of nitrogens with zero attached hydrogens (tertiary/aromatic N) is 3. The fourth-order valence-electron chi connectivity index (χ4n) is 4.25. The Morgan fingerprint density at radius 2 is 1.96 bits per heavy atom. The maximum absolute atomic E-state index is 12.8. The lowest BCUT2D eigenvalue weighted by Crippen LogP contribution is -2.42. The summed E-state index contributed by atoms with van der Waals surface area (Å²) in [5, 5.41) is 0. The van der Waals surface area contributed by atoms with Gasteiger partial charge in [-0.15, -0.1) is 0 Å². The van der Waals surface area contributed by atoms with E-state index in [1.165, 1.54) is 23.3 Å². The molecule has 0 saturated carbocycles. The van der Waals surface area contributed by atoms with Gasteiger partial charge < -0.3 is 9.47 Å². The monoisotopic (exact) mass is 349 g/mol. The van der Waals surface area contributed by atoms with Gasteiger partial charge in [0.05, 0.1) is 12.6 Å². The summed E-state index contributed by atoms with van der Waals surface area (Å²) in [6.45, 7) is 3.10. The normalized spacial score (nSPS) is 21.0. The van der Waals surface area contributed by atoms with Crippen molar-refractivity contribution in [2.24, 2.45) is 7.05 Å². The van der Waals surface area contributed by atoms with Crippen LogP contribution in [0.1, 0.15) is 36.6 Å². The Morgan fingerprint density at radius 3 is 2.65 bits per heavy atom. The molecule has 1 aromatic heterocycles. The van der Waals surface area contributed by atoms with Gasteiger partial charge in [-0.05, 0) is 49.1 Å². The summed E-state index contributed by atoms with van der Waals surface area (Å²) >= 11 is 0. The van der Waals surface area contributed by atoms with E-state index in [1.54, 1.807) is 0 Å². The summed E-state index contributed by atoms with van der Waals surface area (Å²) in [6.07, 6.45) is 7.56. The number of rotatable bonds is 4. The molecule has 0 spiro atoms. The molecule has 2 aliphatic rings. The van der Waals surface area contributed by atoms with E-state index in [9.17, 15) is 4.79 Å². The van der Waals surface area contributed by atoms with Crippen molar-refractivity contribution in [2.75, 3.05) is 26.2 Å². The van der Waals surface area contributed by atoms with Crippen molar-refractivity contribution in [3.05, 3.63) is 66.0 Å². The molecule has 1 atom stereocenters. The van der Waals surface area contributed by atoms with Crippen LogP contribution in [0.25, 0.3) is 5.57 Å². The van der Waals surface area contributed by atoms with E-state index in [2.05, 4.69) is 65.2 Å². The predicted octanol–water partition coefficient (Wildman–Crippen LogP) is 3.48. The lowest BCUT2D eigenvalue weighted by atomic mass is 9.99. The Labute approximate surface area is 155 Å². The molecule has 2 aliphatic heterocycles. The van der Waals surface area contributed by atoms with Crippen LogP contribution in [0, 0.1) is 0 Å². The van der Waals surface area contributed by atoms with Gasteiger partial charge in [0, 0.05) is 32.0 Å². The summed E-state index contributed by atoms with van der Waals surface area (Å²) in [4.78, 5) is 17.2. The van der Waals surface area contributed by atoms with Crippen molar-refractivity contribution >= 4 is 11.5 Å². The highest BCUT2D eigenvalue weighted by atomic mass is 16.2. The third-order valence-electron chi connectivity index (χ3n) is 5.73. The molecule has 26 heavy (non-hydrogen) atoms. The summed E-state index contributed by atoms with van der Waals surface area (Å²) in [6, 6.07) is 15.1. The fraction of sp³-hybridized carbons (Fsp3) is 0.409. The maximum Gasteiger partial charge on any atom is 0.237 e. The van der Waals surface area contributed by atoms with Crippen LogP contribution < -0.4 is 0 Å².